The number of methoxy groups -OCH3 is 1. The summed E-state index contributed by atoms with van der Waals surface area (Å²) in [6.07, 6.45) is 0. The first-order chi connectivity index (χ1) is 9.65. The number of benzene rings is 2. The number of aryl methyl sites for hydroxylation is 1. The number of carbonyl (C=O) groups excluding carboxylic acids is 1. The molecule has 3 nitrogen and oxygen atoms in total. The van der Waals surface area contributed by atoms with Gasteiger partial charge in [-0.2, -0.15) is 0 Å². The van der Waals surface area contributed by atoms with Crippen LogP contribution in [-0.2, 0) is 0 Å². The molecular weight excluding hydrogens is 250 g/mol. The number of anilines is 1. The molecule has 0 saturated carbocycles. The van der Waals surface area contributed by atoms with Gasteiger partial charge in [0.2, 0.25) is 0 Å². The smallest absolute Gasteiger partial charge is 0.193 e. The van der Waals surface area contributed by atoms with Gasteiger partial charge in [-0.15, -0.1) is 0 Å². The molecule has 3 heteroatoms. The standard InChI is InChI=1S/C17H19NO2/c1-4-18-16-10-7-14(11-12(16)2)17(19)13-5-8-15(20-3)9-6-13/h5-11,18H,4H2,1-3H3. The van der Waals surface area contributed by atoms with Crippen LogP contribution >= 0.6 is 0 Å². The lowest BCUT2D eigenvalue weighted by Gasteiger charge is -2.09. The summed E-state index contributed by atoms with van der Waals surface area (Å²) in [5.74, 6) is 0.777. The first kappa shape index (κ1) is 14.1. The molecule has 0 fully saturated rings. The molecule has 0 amide bonds. The van der Waals surface area contributed by atoms with Crippen molar-refractivity contribution in [3.05, 3.63) is 59.2 Å². The minimum absolute atomic E-state index is 0.0267. The number of ketones is 1. The van der Waals surface area contributed by atoms with Crippen molar-refractivity contribution in [3.63, 3.8) is 0 Å². The molecule has 2 aromatic rings. The Balaban J connectivity index is 2.26. The van der Waals surface area contributed by atoms with Crippen LogP contribution < -0.4 is 10.1 Å². The van der Waals surface area contributed by atoms with Crippen LogP contribution in [0.1, 0.15) is 28.4 Å². The number of nitrogens with one attached hydrogen (secondary N) is 1. The van der Waals surface area contributed by atoms with Gasteiger partial charge in [-0.3, -0.25) is 4.79 Å². The molecule has 0 bridgehead atoms. The Bertz CT molecular complexity index is 603. The second-order valence-corrected chi connectivity index (χ2v) is 4.62. The van der Waals surface area contributed by atoms with E-state index < -0.39 is 0 Å². The Morgan fingerprint density at radius 1 is 1.10 bits per heavy atom. The van der Waals surface area contributed by atoms with Gasteiger partial charge in [0.15, 0.2) is 5.78 Å². The average molecular weight is 269 g/mol. The Hall–Kier alpha value is -2.29. The van der Waals surface area contributed by atoms with Gasteiger partial charge < -0.3 is 10.1 Å². The molecule has 0 spiro atoms. The van der Waals surface area contributed by atoms with Crippen LogP contribution in [0.2, 0.25) is 0 Å². The van der Waals surface area contributed by atoms with Crippen molar-refractivity contribution in [3.8, 4) is 5.75 Å². The first-order valence-corrected chi connectivity index (χ1v) is 6.69. The van der Waals surface area contributed by atoms with Crippen molar-refractivity contribution in [2.45, 2.75) is 13.8 Å². The van der Waals surface area contributed by atoms with Gasteiger partial charge in [0, 0.05) is 23.4 Å². The van der Waals surface area contributed by atoms with Crippen molar-refractivity contribution in [1.29, 1.82) is 0 Å². The number of rotatable bonds is 5. The largest absolute Gasteiger partial charge is 0.497 e. The Morgan fingerprint density at radius 3 is 2.30 bits per heavy atom. The van der Waals surface area contributed by atoms with Crippen LogP contribution in [-0.4, -0.2) is 19.4 Å². The van der Waals surface area contributed by atoms with Crippen molar-refractivity contribution in [2.24, 2.45) is 0 Å². The first-order valence-electron chi connectivity index (χ1n) is 6.69. The monoisotopic (exact) mass is 269 g/mol. The van der Waals surface area contributed by atoms with E-state index in [2.05, 4.69) is 12.2 Å². The summed E-state index contributed by atoms with van der Waals surface area (Å²) in [7, 11) is 1.61. The molecule has 104 valence electrons. The zero-order valence-electron chi connectivity index (χ0n) is 12.1. The molecule has 1 N–H and O–H groups in total. The van der Waals surface area contributed by atoms with Crippen molar-refractivity contribution in [1.82, 2.24) is 0 Å². The second kappa shape index (κ2) is 6.24. The summed E-state index contributed by atoms with van der Waals surface area (Å²) in [6.45, 7) is 4.92. The molecule has 0 radical (unpaired) electrons. The summed E-state index contributed by atoms with van der Waals surface area (Å²) >= 11 is 0. The van der Waals surface area contributed by atoms with E-state index in [1.54, 1.807) is 31.4 Å². The zero-order chi connectivity index (χ0) is 14.5. The van der Waals surface area contributed by atoms with Crippen molar-refractivity contribution in [2.75, 3.05) is 19.0 Å². The molecule has 0 aliphatic rings. The number of carbonyl (C=O) groups is 1. The van der Waals surface area contributed by atoms with Gasteiger partial charge in [0.1, 0.15) is 5.75 Å². The number of hydrogen-bond acceptors (Lipinski definition) is 3. The summed E-state index contributed by atoms with van der Waals surface area (Å²) in [4.78, 5) is 12.4. The predicted octanol–water partition coefficient (Wildman–Crippen LogP) is 3.67. The van der Waals surface area contributed by atoms with E-state index in [0.29, 0.717) is 11.1 Å². The number of hydrogen-bond donors (Lipinski definition) is 1. The van der Waals surface area contributed by atoms with E-state index in [-0.39, 0.29) is 5.78 Å². The molecular formula is C17H19NO2. The van der Waals surface area contributed by atoms with Crippen molar-refractivity contribution >= 4 is 11.5 Å². The third kappa shape index (κ3) is 2.99. The van der Waals surface area contributed by atoms with Gasteiger partial charge in [-0.05, 0) is 61.9 Å². The van der Waals surface area contributed by atoms with Crippen molar-refractivity contribution < 1.29 is 9.53 Å². The maximum Gasteiger partial charge on any atom is 0.193 e. The molecule has 0 atom stereocenters. The molecule has 2 rings (SSSR count). The summed E-state index contributed by atoms with van der Waals surface area (Å²) in [5.41, 5.74) is 3.51. The highest BCUT2D eigenvalue weighted by atomic mass is 16.5. The molecule has 0 saturated heterocycles. The molecule has 0 unspecified atom stereocenters. The minimum Gasteiger partial charge on any atom is -0.497 e. The van der Waals surface area contributed by atoms with Gasteiger partial charge in [-0.25, -0.2) is 0 Å². The van der Waals surface area contributed by atoms with Gasteiger partial charge >= 0.3 is 0 Å². The fourth-order valence-corrected chi connectivity index (χ4v) is 2.10. The molecule has 0 aliphatic heterocycles. The molecule has 0 aliphatic carbocycles. The number of ether oxygens (including phenoxy) is 1. The van der Waals surface area contributed by atoms with Crippen LogP contribution in [0.4, 0.5) is 5.69 Å². The van der Waals surface area contributed by atoms with Crippen LogP contribution in [0.15, 0.2) is 42.5 Å². The van der Waals surface area contributed by atoms with Crippen LogP contribution in [0.25, 0.3) is 0 Å². The third-order valence-corrected chi connectivity index (χ3v) is 3.21. The maximum atomic E-state index is 12.4. The fraction of sp³-hybridized carbons (Fsp3) is 0.235. The lowest BCUT2D eigenvalue weighted by atomic mass is 10.0. The fourth-order valence-electron chi connectivity index (χ4n) is 2.10. The molecule has 0 aromatic heterocycles. The summed E-state index contributed by atoms with van der Waals surface area (Å²) in [5, 5.41) is 3.27. The quantitative estimate of drug-likeness (QED) is 0.842. The summed E-state index contributed by atoms with van der Waals surface area (Å²) in [6, 6.07) is 12.9. The van der Waals surface area contributed by atoms with Crippen LogP contribution in [0.5, 0.6) is 5.75 Å². The maximum absolute atomic E-state index is 12.4. The summed E-state index contributed by atoms with van der Waals surface area (Å²) < 4.78 is 5.10. The molecule has 2 aromatic carbocycles. The van der Waals surface area contributed by atoms with Gasteiger partial charge in [0.05, 0.1) is 7.11 Å². The Kier molecular flexibility index (Phi) is 4.41. The van der Waals surface area contributed by atoms with E-state index >= 15 is 0 Å². The normalized spacial score (nSPS) is 10.2. The van der Waals surface area contributed by atoms with E-state index in [4.69, 9.17) is 4.74 Å². The van der Waals surface area contributed by atoms with E-state index in [1.807, 2.05) is 25.1 Å². The van der Waals surface area contributed by atoms with E-state index in [1.165, 1.54) is 0 Å². The van der Waals surface area contributed by atoms with Crippen LogP contribution in [0, 0.1) is 6.92 Å². The molecule has 20 heavy (non-hydrogen) atoms. The Labute approximate surface area is 119 Å². The topological polar surface area (TPSA) is 38.3 Å². The van der Waals surface area contributed by atoms with Crippen LogP contribution in [0.3, 0.4) is 0 Å². The third-order valence-electron chi connectivity index (χ3n) is 3.21. The Morgan fingerprint density at radius 2 is 1.75 bits per heavy atom. The highest BCUT2D eigenvalue weighted by molar-refractivity contribution is 6.09. The lowest BCUT2D eigenvalue weighted by Crippen LogP contribution is -2.04. The van der Waals surface area contributed by atoms with E-state index in [9.17, 15) is 4.79 Å². The minimum atomic E-state index is 0.0267. The van der Waals surface area contributed by atoms with Gasteiger partial charge in [-0.1, -0.05) is 0 Å². The van der Waals surface area contributed by atoms with Gasteiger partial charge in [0.25, 0.3) is 0 Å². The zero-order valence-corrected chi connectivity index (χ0v) is 12.1. The van der Waals surface area contributed by atoms with E-state index in [0.717, 1.165) is 23.5 Å². The average Bonchev–Trinajstić information content (AvgIpc) is 2.49. The SMILES string of the molecule is CCNc1ccc(C(=O)c2ccc(OC)cc2)cc1C. The predicted molar refractivity (Wildman–Crippen MR) is 81.8 cm³/mol. The highest BCUT2D eigenvalue weighted by Gasteiger charge is 2.10. The molecule has 0 heterocycles. The second-order valence-electron chi connectivity index (χ2n) is 4.62. The highest BCUT2D eigenvalue weighted by Crippen LogP contribution is 2.20. The lowest BCUT2D eigenvalue weighted by molar-refractivity contribution is 0.103.